The number of hydrogen-bond acceptors (Lipinski definition) is 3. The molecule has 0 aromatic carbocycles. The fourth-order valence-corrected chi connectivity index (χ4v) is 3.21. The normalized spacial score (nSPS) is 21.3. The van der Waals surface area contributed by atoms with Crippen LogP contribution in [0.15, 0.2) is 30.6 Å². The van der Waals surface area contributed by atoms with Crippen molar-refractivity contribution in [3.05, 3.63) is 36.3 Å². The Kier molecular flexibility index (Phi) is 4.81. The first-order chi connectivity index (χ1) is 11.1. The zero-order chi connectivity index (χ0) is 16.2. The van der Waals surface area contributed by atoms with Crippen LogP contribution in [0, 0.1) is 5.92 Å². The Hall–Kier alpha value is -2.08. The van der Waals surface area contributed by atoms with Gasteiger partial charge in [0.1, 0.15) is 5.65 Å². The van der Waals surface area contributed by atoms with Gasteiger partial charge in [0.15, 0.2) is 0 Å². The van der Waals surface area contributed by atoms with Crippen molar-refractivity contribution in [1.82, 2.24) is 19.6 Å². The smallest absolute Gasteiger partial charge is 0.317 e. The highest BCUT2D eigenvalue weighted by Gasteiger charge is 2.25. The number of rotatable bonds is 4. The number of fused-ring (bicyclic) bond motifs is 1. The summed E-state index contributed by atoms with van der Waals surface area (Å²) in [5.41, 5.74) is 1.70. The van der Waals surface area contributed by atoms with Gasteiger partial charge in [0.2, 0.25) is 0 Å². The maximum Gasteiger partial charge on any atom is 0.317 e. The largest absolute Gasteiger partial charge is 0.393 e. The Balaban J connectivity index is 1.51. The molecule has 3 rings (SSSR count). The molecule has 1 saturated carbocycles. The summed E-state index contributed by atoms with van der Waals surface area (Å²) in [6.45, 7) is 0.996. The van der Waals surface area contributed by atoms with Crippen LogP contribution in [0.5, 0.6) is 0 Å². The molecule has 6 nitrogen and oxygen atoms in total. The number of aliphatic hydroxyl groups is 1. The zero-order valence-electron chi connectivity index (χ0n) is 13.5. The number of aromatic nitrogens is 2. The van der Waals surface area contributed by atoms with Crippen LogP contribution in [-0.4, -0.2) is 45.1 Å². The number of carbonyl (C=O) groups is 1. The molecule has 2 heterocycles. The maximum atomic E-state index is 12.2. The van der Waals surface area contributed by atoms with Crippen LogP contribution in [0.3, 0.4) is 0 Å². The van der Waals surface area contributed by atoms with Crippen LogP contribution < -0.4 is 5.32 Å². The molecule has 2 unspecified atom stereocenters. The molecule has 6 heteroatoms. The quantitative estimate of drug-likeness (QED) is 0.907. The molecule has 2 N–H and O–H groups in total. The minimum absolute atomic E-state index is 0.125. The van der Waals surface area contributed by atoms with Gasteiger partial charge in [-0.25, -0.2) is 9.78 Å². The average Bonchev–Trinajstić information content (AvgIpc) is 2.97. The van der Waals surface area contributed by atoms with Crippen LogP contribution in [0.25, 0.3) is 5.65 Å². The highest BCUT2D eigenvalue weighted by atomic mass is 16.3. The molecule has 124 valence electrons. The van der Waals surface area contributed by atoms with E-state index >= 15 is 0 Å². The molecule has 1 aliphatic carbocycles. The predicted molar refractivity (Wildman–Crippen MR) is 88.0 cm³/mol. The van der Waals surface area contributed by atoms with Gasteiger partial charge < -0.3 is 19.7 Å². The van der Waals surface area contributed by atoms with Crippen LogP contribution in [0.1, 0.15) is 31.4 Å². The molecule has 1 fully saturated rings. The summed E-state index contributed by atoms with van der Waals surface area (Å²) in [4.78, 5) is 18.3. The van der Waals surface area contributed by atoms with E-state index in [1.54, 1.807) is 11.9 Å². The van der Waals surface area contributed by atoms with Crippen LogP contribution in [0.4, 0.5) is 4.79 Å². The summed E-state index contributed by atoms with van der Waals surface area (Å²) >= 11 is 0. The average molecular weight is 316 g/mol. The fourth-order valence-electron chi connectivity index (χ4n) is 3.21. The fraction of sp³-hybridized carbons (Fsp3) is 0.529. The van der Waals surface area contributed by atoms with Gasteiger partial charge in [-0.1, -0.05) is 18.9 Å². The van der Waals surface area contributed by atoms with Crippen LogP contribution >= 0.6 is 0 Å². The lowest BCUT2D eigenvalue weighted by Crippen LogP contribution is -2.42. The summed E-state index contributed by atoms with van der Waals surface area (Å²) in [6, 6.07) is 5.69. The molecule has 2 amide bonds. The number of carbonyl (C=O) groups excluding carboxylic acids is 1. The number of aliphatic hydroxyl groups excluding tert-OH is 1. The Labute approximate surface area is 136 Å². The maximum absolute atomic E-state index is 12.2. The summed E-state index contributed by atoms with van der Waals surface area (Å²) in [5.74, 6) is 0.190. The molecule has 0 saturated heterocycles. The van der Waals surface area contributed by atoms with Gasteiger partial charge in [0.05, 0.1) is 18.3 Å². The lowest BCUT2D eigenvalue weighted by atomic mass is 9.86. The summed E-state index contributed by atoms with van der Waals surface area (Å²) in [5, 5.41) is 12.9. The molecular formula is C17H24N4O2. The Morgan fingerprint density at radius 2 is 2.26 bits per heavy atom. The van der Waals surface area contributed by atoms with Gasteiger partial charge >= 0.3 is 6.03 Å². The van der Waals surface area contributed by atoms with Gasteiger partial charge in [-0.2, -0.15) is 0 Å². The molecule has 2 aromatic heterocycles. The van der Waals surface area contributed by atoms with Crippen molar-refractivity contribution in [3.63, 3.8) is 0 Å². The lowest BCUT2D eigenvalue weighted by Gasteiger charge is -2.31. The van der Waals surface area contributed by atoms with E-state index in [0.717, 1.165) is 37.0 Å². The number of imidazole rings is 1. The van der Waals surface area contributed by atoms with E-state index in [4.69, 9.17) is 0 Å². The van der Waals surface area contributed by atoms with Gasteiger partial charge in [0, 0.05) is 31.9 Å². The Bertz CT molecular complexity index is 636. The summed E-state index contributed by atoms with van der Waals surface area (Å²) in [6.07, 6.45) is 7.63. The van der Waals surface area contributed by atoms with E-state index in [-0.39, 0.29) is 18.1 Å². The van der Waals surface area contributed by atoms with Crippen molar-refractivity contribution in [2.24, 2.45) is 5.92 Å². The van der Waals surface area contributed by atoms with Crippen molar-refractivity contribution in [2.45, 2.75) is 38.3 Å². The van der Waals surface area contributed by atoms with E-state index < -0.39 is 0 Å². The summed E-state index contributed by atoms with van der Waals surface area (Å²) in [7, 11) is 1.78. The van der Waals surface area contributed by atoms with E-state index in [1.165, 1.54) is 0 Å². The molecule has 2 aromatic rings. The molecule has 0 aliphatic heterocycles. The standard InChI is InChI=1S/C17H24N4O2/c1-20(11-13-6-2-3-7-15(13)22)17(23)18-10-14-12-21-9-5-4-8-16(21)19-14/h4-5,8-9,12-13,15,22H,2-3,6-7,10-11H2,1H3,(H,18,23). The first-order valence-corrected chi connectivity index (χ1v) is 8.23. The molecule has 0 spiro atoms. The molecule has 1 aliphatic rings. The third kappa shape index (κ3) is 3.82. The van der Waals surface area contributed by atoms with E-state index in [2.05, 4.69) is 10.3 Å². The predicted octanol–water partition coefficient (Wildman–Crippen LogP) is 2.03. The number of hydrogen-bond donors (Lipinski definition) is 2. The number of amides is 2. The van der Waals surface area contributed by atoms with Crippen molar-refractivity contribution < 1.29 is 9.90 Å². The third-order valence-corrected chi connectivity index (χ3v) is 4.56. The first-order valence-electron chi connectivity index (χ1n) is 8.23. The Morgan fingerprint density at radius 1 is 1.43 bits per heavy atom. The molecule has 2 atom stereocenters. The first kappa shape index (κ1) is 15.8. The second kappa shape index (κ2) is 7.00. The molecule has 0 bridgehead atoms. The second-order valence-electron chi connectivity index (χ2n) is 6.35. The number of nitrogens with zero attached hydrogens (tertiary/aromatic N) is 3. The van der Waals surface area contributed by atoms with Crippen molar-refractivity contribution in [2.75, 3.05) is 13.6 Å². The molecule has 0 radical (unpaired) electrons. The highest BCUT2D eigenvalue weighted by Crippen LogP contribution is 2.24. The monoisotopic (exact) mass is 316 g/mol. The topological polar surface area (TPSA) is 69.9 Å². The van der Waals surface area contributed by atoms with Crippen molar-refractivity contribution in [3.8, 4) is 0 Å². The zero-order valence-corrected chi connectivity index (χ0v) is 13.5. The molecule has 23 heavy (non-hydrogen) atoms. The lowest BCUT2D eigenvalue weighted by molar-refractivity contribution is 0.0565. The summed E-state index contributed by atoms with van der Waals surface area (Å²) < 4.78 is 1.93. The van der Waals surface area contributed by atoms with Gasteiger partial charge in [-0.15, -0.1) is 0 Å². The van der Waals surface area contributed by atoms with Crippen molar-refractivity contribution in [1.29, 1.82) is 0 Å². The number of urea groups is 1. The SMILES string of the molecule is CN(CC1CCCCC1O)C(=O)NCc1cn2ccccc2n1. The van der Waals surface area contributed by atoms with E-state index in [9.17, 15) is 9.90 Å². The van der Waals surface area contributed by atoms with Gasteiger partial charge in [0.25, 0.3) is 0 Å². The third-order valence-electron chi connectivity index (χ3n) is 4.56. The van der Waals surface area contributed by atoms with Gasteiger partial charge in [-0.3, -0.25) is 0 Å². The van der Waals surface area contributed by atoms with Gasteiger partial charge in [-0.05, 0) is 25.0 Å². The minimum Gasteiger partial charge on any atom is -0.393 e. The van der Waals surface area contributed by atoms with E-state index in [1.807, 2.05) is 35.0 Å². The second-order valence-corrected chi connectivity index (χ2v) is 6.35. The van der Waals surface area contributed by atoms with Crippen LogP contribution in [0.2, 0.25) is 0 Å². The van der Waals surface area contributed by atoms with Crippen molar-refractivity contribution >= 4 is 11.7 Å². The van der Waals surface area contributed by atoms with Crippen LogP contribution in [-0.2, 0) is 6.54 Å². The highest BCUT2D eigenvalue weighted by molar-refractivity contribution is 5.73. The van der Waals surface area contributed by atoms with E-state index in [0.29, 0.717) is 13.1 Å². The number of pyridine rings is 1. The molecular weight excluding hydrogens is 292 g/mol. The number of nitrogens with one attached hydrogen (secondary N) is 1. The minimum atomic E-state index is -0.280. The Morgan fingerprint density at radius 3 is 3.04 bits per heavy atom.